The molecule has 84 valence electrons. The van der Waals surface area contributed by atoms with Crippen LogP contribution in [0.4, 0.5) is 4.39 Å². The van der Waals surface area contributed by atoms with Gasteiger partial charge < -0.3 is 10.2 Å². The second-order valence-corrected chi connectivity index (χ2v) is 3.79. The average molecular weight is 242 g/mol. The van der Waals surface area contributed by atoms with Crippen LogP contribution in [-0.4, -0.2) is 10.2 Å². The summed E-state index contributed by atoms with van der Waals surface area (Å²) >= 11 is 5.63. The smallest absolute Gasteiger partial charge is 0.250 e. The molecule has 4 nitrogen and oxygen atoms in total. The molecule has 0 fully saturated rings. The normalized spacial score (nSPS) is 12.8. The van der Waals surface area contributed by atoms with Crippen LogP contribution in [0.1, 0.15) is 18.9 Å². The molecule has 0 spiro atoms. The van der Waals surface area contributed by atoms with Gasteiger partial charge in [-0.1, -0.05) is 11.6 Å². The van der Waals surface area contributed by atoms with Crippen LogP contribution >= 0.6 is 11.6 Å². The van der Waals surface area contributed by atoms with Gasteiger partial charge in [-0.3, -0.25) is 0 Å². The van der Waals surface area contributed by atoms with Crippen molar-refractivity contribution in [3.63, 3.8) is 0 Å². The third-order valence-electron chi connectivity index (χ3n) is 1.99. The molecular formula is C10H9ClFN3O. The Bertz CT molecular complexity index is 513. The van der Waals surface area contributed by atoms with Crippen molar-refractivity contribution in [2.75, 3.05) is 0 Å². The molecule has 2 rings (SSSR count). The molecule has 16 heavy (non-hydrogen) atoms. The van der Waals surface area contributed by atoms with E-state index in [1.54, 1.807) is 13.0 Å². The molecular weight excluding hydrogens is 233 g/mol. The van der Waals surface area contributed by atoms with Crippen molar-refractivity contribution in [3.05, 3.63) is 34.9 Å². The lowest BCUT2D eigenvalue weighted by Gasteiger charge is -1.98. The lowest BCUT2D eigenvalue weighted by molar-refractivity contribution is 0.470. The molecule has 0 radical (unpaired) electrons. The van der Waals surface area contributed by atoms with Gasteiger partial charge in [0.05, 0.1) is 11.6 Å². The van der Waals surface area contributed by atoms with Crippen LogP contribution in [-0.2, 0) is 0 Å². The first kappa shape index (κ1) is 11.0. The fourth-order valence-corrected chi connectivity index (χ4v) is 1.35. The number of benzene rings is 1. The van der Waals surface area contributed by atoms with E-state index >= 15 is 0 Å². The van der Waals surface area contributed by atoms with E-state index in [-0.39, 0.29) is 23.4 Å². The minimum absolute atomic E-state index is 0.0986. The summed E-state index contributed by atoms with van der Waals surface area (Å²) in [5.41, 5.74) is 5.77. The Morgan fingerprint density at radius 1 is 1.44 bits per heavy atom. The summed E-state index contributed by atoms with van der Waals surface area (Å²) in [5, 5.41) is 7.75. The number of halogens is 2. The fourth-order valence-electron chi connectivity index (χ4n) is 1.19. The molecule has 1 aromatic carbocycles. The maximum absolute atomic E-state index is 13.5. The highest BCUT2D eigenvalue weighted by atomic mass is 35.5. The second-order valence-electron chi connectivity index (χ2n) is 3.36. The van der Waals surface area contributed by atoms with Gasteiger partial charge in [0.25, 0.3) is 5.89 Å². The Morgan fingerprint density at radius 2 is 2.19 bits per heavy atom. The molecule has 0 aliphatic rings. The van der Waals surface area contributed by atoms with E-state index in [4.69, 9.17) is 21.8 Å². The van der Waals surface area contributed by atoms with Crippen molar-refractivity contribution in [2.24, 2.45) is 5.73 Å². The summed E-state index contributed by atoms with van der Waals surface area (Å²) in [5.74, 6) is -0.141. The van der Waals surface area contributed by atoms with Gasteiger partial charge in [-0.25, -0.2) is 4.39 Å². The van der Waals surface area contributed by atoms with Gasteiger partial charge in [0.2, 0.25) is 5.89 Å². The summed E-state index contributed by atoms with van der Waals surface area (Å²) in [7, 11) is 0. The van der Waals surface area contributed by atoms with Crippen molar-refractivity contribution < 1.29 is 8.81 Å². The molecule has 2 N–H and O–H groups in total. The molecule has 0 amide bonds. The van der Waals surface area contributed by atoms with E-state index in [9.17, 15) is 4.39 Å². The lowest BCUT2D eigenvalue weighted by atomic mass is 10.2. The summed E-state index contributed by atoms with van der Waals surface area (Å²) in [6.45, 7) is 1.70. The Hall–Kier alpha value is -1.46. The van der Waals surface area contributed by atoms with Crippen LogP contribution in [0.25, 0.3) is 11.5 Å². The average Bonchev–Trinajstić information content (AvgIpc) is 2.66. The molecule has 1 aromatic heterocycles. The lowest BCUT2D eigenvalue weighted by Crippen LogP contribution is -2.04. The van der Waals surface area contributed by atoms with E-state index < -0.39 is 5.82 Å². The predicted octanol–water partition coefficient (Wildman–Crippen LogP) is 2.55. The van der Waals surface area contributed by atoms with Crippen molar-refractivity contribution >= 4 is 11.6 Å². The number of aromatic nitrogens is 2. The van der Waals surface area contributed by atoms with E-state index in [2.05, 4.69) is 10.2 Å². The first-order valence-electron chi connectivity index (χ1n) is 4.62. The Labute approximate surface area is 96.2 Å². The highest BCUT2D eigenvalue weighted by Gasteiger charge is 2.14. The topological polar surface area (TPSA) is 64.9 Å². The molecule has 1 heterocycles. The van der Waals surface area contributed by atoms with Crippen LogP contribution in [0.5, 0.6) is 0 Å². The van der Waals surface area contributed by atoms with Gasteiger partial charge in [-0.2, -0.15) is 0 Å². The molecule has 0 saturated heterocycles. The van der Waals surface area contributed by atoms with E-state index in [0.29, 0.717) is 5.02 Å². The summed E-state index contributed by atoms with van der Waals surface area (Å²) in [6, 6.07) is 3.84. The molecule has 0 aliphatic heterocycles. The van der Waals surface area contributed by atoms with Gasteiger partial charge in [-0.15, -0.1) is 10.2 Å². The van der Waals surface area contributed by atoms with Crippen LogP contribution in [0.15, 0.2) is 22.6 Å². The summed E-state index contributed by atoms with van der Waals surface area (Å²) < 4.78 is 18.7. The minimum Gasteiger partial charge on any atom is -0.419 e. The van der Waals surface area contributed by atoms with Gasteiger partial charge in [0, 0.05) is 5.02 Å². The highest BCUT2D eigenvalue weighted by Crippen LogP contribution is 2.25. The Kier molecular flexibility index (Phi) is 2.89. The first-order chi connectivity index (χ1) is 7.58. The monoisotopic (exact) mass is 241 g/mol. The number of rotatable bonds is 2. The molecule has 1 unspecified atom stereocenters. The first-order valence-corrected chi connectivity index (χ1v) is 5.00. The number of nitrogens with zero attached hydrogens (tertiary/aromatic N) is 2. The van der Waals surface area contributed by atoms with Gasteiger partial charge in [0.1, 0.15) is 5.82 Å². The maximum Gasteiger partial charge on any atom is 0.250 e. The third kappa shape index (κ3) is 2.05. The molecule has 1 atom stereocenters. The second kappa shape index (κ2) is 4.19. The van der Waals surface area contributed by atoms with Crippen LogP contribution < -0.4 is 5.73 Å². The van der Waals surface area contributed by atoms with Crippen molar-refractivity contribution in [2.45, 2.75) is 13.0 Å². The molecule has 0 saturated carbocycles. The Balaban J connectivity index is 2.42. The van der Waals surface area contributed by atoms with Crippen LogP contribution in [0.2, 0.25) is 5.02 Å². The van der Waals surface area contributed by atoms with Gasteiger partial charge in [0.15, 0.2) is 0 Å². The zero-order valence-electron chi connectivity index (χ0n) is 8.45. The zero-order valence-corrected chi connectivity index (χ0v) is 9.20. The molecule has 6 heteroatoms. The summed E-state index contributed by atoms with van der Waals surface area (Å²) in [6.07, 6.45) is 0. The Morgan fingerprint density at radius 3 is 2.75 bits per heavy atom. The standard InChI is InChI=1S/C10H9ClFN3O/c1-5(13)9-14-15-10(16-9)7-3-2-6(11)4-8(7)12/h2-5H,13H2,1H3. The van der Waals surface area contributed by atoms with Crippen molar-refractivity contribution in [1.82, 2.24) is 10.2 Å². The number of nitrogens with two attached hydrogens (primary N) is 1. The van der Waals surface area contributed by atoms with Crippen LogP contribution in [0.3, 0.4) is 0 Å². The molecule has 0 bridgehead atoms. The third-order valence-corrected chi connectivity index (χ3v) is 2.23. The molecule has 0 aliphatic carbocycles. The van der Waals surface area contributed by atoms with E-state index in [1.165, 1.54) is 12.1 Å². The van der Waals surface area contributed by atoms with E-state index in [1.807, 2.05) is 0 Å². The zero-order chi connectivity index (χ0) is 11.7. The van der Waals surface area contributed by atoms with E-state index in [0.717, 1.165) is 0 Å². The van der Waals surface area contributed by atoms with Gasteiger partial charge in [-0.05, 0) is 25.1 Å². The quantitative estimate of drug-likeness (QED) is 0.878. The fraction of sp³-hybridized carbons (Fsp3) is 0.200. The van der Waals surface area contributed by atoms with Crippen molar-refractivity contribution in [1.29, 1.82) is 0 Å². The maximum atomic E-state index is 13.5. The number of hydrogen-bond donors (Lipinski definition) is 1. The largest absolute Gasteiger partial charge is 0.419 e. The van der Waals surface area contributed by atoms with Crippen LogP contribution in [0, 0.1) is 5.82 Å². The SMILES string of the molecule is CC(N)c1nnc(-c2ccc(Cl)cc2F)o1. The van der Waals surface area contributed by atoms with Gasteiger partial charge >= 0.3 is 0 Å². The molecule has 2 aromatic rings. The predicted molar refractivity (Wildman–Crippen MR) is 57.3 cm³/mol. The summed E-state index contributed by atoms with van der Waals surface area (Å²) in [4.78, 5) is 0. The van der Waals surface area contributed by atoms with Crippen molar-refractivity contribution in [3.8, 4) is 11.5 Å². The highest BCUT2D eigenvalue weighted by molar-refractivity contribution is 6.30. The minimum atomic E-state index is -0.507. The number of hydrogen-bond acceptors (Lipinski definition) is 4.